The Labute approximate surface area is 158 Å². The molecule has 2 aliphatic rings. The molecule has 2 unspecified atom stereocenters. The van der Waals surface area contributed by atoms with Crippen molar-refractivity contribution in [3.05, 3.63) is 16.3 Å². The first-order chi connectivity index (χ1) is 12.9. The van der Waals surface area contributed by atoms with E-state index in [1.807, 2.05) is 4.90 Å². The van der Waals surface area contributed by atoms with Crippen LogP contribution in [-0.4, -0.2) is 64.5 Å². The number of nitrogens with one attached hydrogen (secondary N) is 1. The Morgan fingerprint density at radius 2 is 2.11 bits per heavy atom. The molecule has 2 heterocycles. The van der Waals surface area contributed by atoms with E-state index in [1.54, 1.807) is 0 Å². The van der Waals surface area contributed by atoms with Gasteiger partial charge in [-0.2, -0.15) is 4.98 Å². The van der Waals surface area contributed by atoms with Gasteiger partial charge in [0.25, 0.3) is 0 Å². The highest BCUT2D eigenvalue weighted by Crippen LogP contribution is 2.23. The van der Waals surface area contributed by atoms with Crippen LogP contribution in [0, 0.1) is 16.0 Å². The van der Waals surface area contributed by atoms with Gasteiger partial charge < -0.3 is 16.0 Å². The number of carbonyl (C=O) groups is 1. The summed E-state index contributed by atoms with van der Waals surface area (Å²) in [5.41, 5.74) is 5.35. The maximum atomic E-state index is 12.3. The molecule has 0 radical (unpaired) electrons. The van der Waals surface area contributed by atoms with E-state index >= 15 is 0 Å². The molecule has 0 spiro atoms. The van der Waals surface area contributed by atoms with Gasteiger partial charge in [0.15, 0.2) is 0 Å². The van der Waals surface area contributed by atoms with Gasteiger partial charge in [0.1, 0.15) is 6.20 Å². The monoisotopic (exact) mass is 377 g/mol. The molecule has 1 saturated carbocycles. The highest BCUT2D eigenvalue weighted by atomic mass is 16.6. The van der Waals surface area contributed by atoms with Crippen molar-refractivity contribution in [3.63, 3.8) is 0 Å². The van der Waals surface area contributed by atoms with Crippen molar-refractivity contribution in [2.45, 2.75) is 38.6 Å². The standard InChI is InChI=1S/C17H27N7O3/c1-12-3-2-4-13(9-12)20-15(25)11-22-5-7-23(8-6-22)17-19-10-14(24(26)27)16(18)21-17/h10,12-13H,2-9,11H2,1H3,(H,20,25)(H2,18,19,21). The third-order valence-corrected chi connectivity index (χ3v) is 5.31. The molecule has 10 nitrogen and oxygen atoms in total. The molecule has 1 aliphatic heterocycles. The average Bonchev–Trinajstić information content (AvgIpc) is 2.62. The summed E-state index contributed by atoms with van der Waals surface area (Å²) in [5, 5.41) is 14.0. The van der Waals surface area contributed by atoms with E-state index in [0.717, 1.165) is 19.0 Å². The first kappa shape index (κ1) is 19.3. The summed E-state index contributed by atoms with van der Waals surface area (Å²) in [4.78, 5) is 34.6. The van der Waals surface area contributed by atoms with Crippen LogP contribution in [-0.2, 0) is 4.79 Å². The van der Waals surface area contributed by atoms with Crippen LogP contribution < -0.4 is 16.0 Å². The fraction of sp³-hybridized carbons (Fsp3) is 0.706. The summed E-state index contributed by atoms with van der Waals surface area (Å²) < 4.78 is 0. The quantitative estimate of drug-likeness (QED) is 0.569. The average molecular weight is 377 g/mol. The zero-order valence-corrected chi connectivity index (χ0v) is 15.6. The molecule has 1 aliphatic carbocycles. The summed E-state index contributed by atoms with van der Waals surface area (Å²) in [7, 11) is 0. The Morgan fingerprint density at radius 1 is 1.37 bits per heavy atom. The predicted molar refractivity (Wildman–Crippen MR) is 101 cm³/mol. The number of amides is 1. The van der Waals surface area contributed by atoms with Crippen molar-refractivity contribution in [2.24, 2.45) is 5.92 Å². The molecule has 0 bridgehead atoms. The van der Waals surface area contributed by atoms with Gasteiger partial charge in [-0.25, -0.2) is 4.98 Å². The van der Waals surface area contributed by atoms with Gasteiger partial charge in [-0.15, -0.1) is 0 Å². The lowest BCUT2D eigenvalue weighted by atomic mass is 9.87. The van der Waals surface area contributed by atoms with Crippen LogP contribution in [0.15, 0.2) is 6.20 Å². The second-order valence-corrected chi connectivity index (χ2v) is 7.50. The van der Waals surface area contributed by atoms with Crippen molar-refractivity contribution in [1.29, 1.82) is 0 Å². The van der Waals surface area contributed by atoms with Gasteiger partial charge in [0, 0.05) is 32.2 Å². The number of piperazine rings is 1. The van der Waals surface area contributed by atoms with Gasteiger partial charge in [-0.3, -0.25) is 19.8 Å². The van der Waals surface area contributed by atoms with Crippen LogP contribution in [0.4, 0.5) is 17.5 Å². The zero-order valence-electron chi connectivity index (χ0n) is 15.6. The van der Waals surface area contributed by atoms with Crippen LogP contribution in [0.25, 0.3) is 0 Å². The number of nitro groups is 1. The fourth-order valence-corrected chi connectivity index (χ4v) is 3.82. The summed E-state index contributed by atoms with van der Waals surface area (Å²) in [5.74, 6) is 1.02. The van der Waals surface area contributed by atoms with E-state index in [4.69, 9.17) is 5.73 Å². The Balaban J connectivity index is 1.46. The minimum Gasteiger partial charge on any atom is -0.378 e. The van der Waals surface area contributed by atoms with E-state index in [9.17, 15) is 14.9 Å². The van der Waals surface area contributed by atoms with Gasteiger partial charge >= 0.3 is 5.69 Å². The first-order valence-electron chi connectivity index (χ1n) is 9.46. The Kier molecular flexibility index (Phi) is 6.04. The van der Waals surface area contributed by atoms with E-state index in [2.05, 4.69) is 27.1 Å². The number of nitrogens with zero attached hydrogens (tertiary/aromatic N) is 5. The summed E-state index contributed by atoms with van der Waals surface area (Å²) in [6, 6.07) is 0.305. The molecule has 27 heavy (non-hydrogen) atoms. The highest BCUT2D eigenvalue weighted by molar-refractivity contribution is 5.78. The Morgan fingerprint density at radius 3 is 2.74 bits per heavy atom. The fourth-order valence-electron chi connectivity index (χ4n) is 3.82. The molecule has 2 fully saturated rings. The third kappa shape index (κ3) is 5.03. The topological polar surface area (TPSA) is 131 Å². The van der Waals surface area contributed by atoms with Gasteiger partial charge in [0.2, 0.25) is 17.7 Å². The van der Waals surface area contributed by atoms with Crippen LogP contribution in [0.2, 0.25) is 0 Å². The minimum atomic E-state index is -0.595. The number of nitrogen functional groups attached to an aromatic ring is 1. The smallest absolute Gasteiger partial charge is 0.329 e. The first-order valence-corrected chi connectivity index (χ1v) is 9.46. The molecule has 3 rings (SSSR count). The van der Waals surface area contributed by atoms with Crippen LogP contribution in [0.3, 0.4) is 0 Å². The molecule has 1 amide bonds. The third-order valence-electron chi connectivity index (χ3n) is 5.31. The molecule has 1 saturated heterocycles. The van der Waals surface area contributed by atoms with Crippen LogP contribution in [0.1, 0.15) is 32.6 Å². The number of nitrogens with two attached hydrogens (primary N) is 1. The van der Waals surface area contributed by atoms with Crippen molar-refractivity contribution in [2.75, 3.05) is 43.4 Å². The SMILES string of the molecule is CC1CCCC(NC(=O)CN2CCN(c3ncc([N+](=O)[O-])c(N)n3)CC2)C1. The van der Waals surface area contributed by atoms with Crippen molar-refractivity contribution >= 4 is 23.4 Å². The number of hydrogen-bond donors (Lipinski definition) is 2. The number of aromatic nitrogens is 2. The lowest BCUT2D eigenvalue weighted by molar-refractivity contribution is -0.384. The Hall–Kier alpha value is -2.49. The van der Waals surface area contributed by atoms with Crippen LogP contribution >= 0.6 is 0 Å². The number of rotatable bonds is 5. The molecule has 10 heteroatoms. The summed E-state index contributed by atoms with van der Waals surface area (Å²) in [6.45, 7) is 5.33. The number of carbonyl (C=O) groups excluding carboxylic acids is 1. The lowest BCUT2D eigenvalue weighted by Crippen LogP contribution is -2.51. The largest absolute Gasteiger partial charge is 0.378 e. The maximum absolute atomic E-state index is 12.3. The predicted octanol–water partition coefficient (Wildman–Crippen LogP) is 0.784. The molecule has 3 N–H and O–H groups in total. The van der Waals surface area contributed by atoms with Crippen molar-refractivity contribution in [1.82, 2.24) is 20.2 Å². The second kappa shape index (κ2) is 8.47. The molecule has 1 aromatic rings. The molecular formula is C17H27N7O3. The summed E-state index contributed by atoms with van der Waals surface area (Å²) >= 11 is 0. The second-order valence-electron chi connectivity index (χ2n) is 7.50. The van der Waals surface area contributed by atoms with Gasteiger partial charge in [-0.1, -0.05) is 19.8 Å². The van der Waals surface area contributed by atoms with Crippen molar-refractivity contribution in [3.8, 4) is 0 Å². The van der Waals surface area contributed by atoms with Crippen molar-refractivity contribution < 1.29 is 9.72 Å². The van der Waals surface area contributed by atoms with Crippen LogP contribution in [0.5, 0.6) is 0 Å². The number of anilines is 2. The molecule has 148 valence electrons. The van der Waals surface area contributed by atoms with E-state index in [-0.39, 0.29) is 17.4 Å². The zero-order chi connectivity index (χ0) is 19.4. The maximum Gasteiger partial charge on any atom is 0.329 e. The normalized spacial score (nSPS) is 23.8. The van der Waals surface area contributed by atoms with E-state index < -0.39 is 4.92 Å². The molecular weight excluding hydrogens is 350 g/mol. The highest BCUT2D eigenvalue weighted by Gasteiger charge is 2.25. The minimum absolute atomic E-state index is 0.0818. The van der Waals surface area contributed by atoms with E-state index in [0.29, 0.717) is 50.6 Å². The molecule has 1 aromatic heterocycles. The van der Waals surface area contributed by atoms with Gasteiger partial charge in [-0.05, 0) is 18.8 Å². The summed E-state index contributed by atoms with van der Waals surface area (Å²) in [6.07, 6.45) is 5.72. The Bertz CT molecular complexity index is 691. The number of hydrogen-bond acceptors (Lipinski definition) is 8. The molecule has 2 atom stereocenters. The van der Waals surface area contributed by atoms with E-state index in [1.165, 1.54) is 12.8 Å². The van der Waals surface area contributed by atoms with Gasteiger partial charge in [0.05, 0.1) is 11.5 Å². The lowest BCUT2D eigenvalue weighted by Gasteiger charge is -2.35. The molecule has 0 aromatic carbocycles.